The van der Waals surface area contributed by atoms with E-state index >= 15 is 0 Å². The first kappa shape index (κ1) is 16.2. The van der Waals surface area contributed by atoms with Crippen molar-refractivity contribution in [1.29, 1.82) is 0 Å². The van der Waals surface area contributed by atoms with Crippen LogP contribution < -0.4 is 10.6 Å². The Bertz CT molecular complexity index is 355. The van der Waals surface area contributed by atoms with E-state index in [0.29, 0.717) is 6.61 Å². The number of nitrogens with zero attached hydrogens (tertiary/aromatic N) is 1. The molecule has 2 N–H and O–H groups in total. The number of halogens is 1. The van der Waals surface area contributed by atoms with Gasteiger partial charge in [0.25, 0.3) is 0 Å². The van der Waals surface area contributed by atoms with Crippen LogP contribution in [-0.2, 0) is 17.9 Å². The molecule has 0 aromatic heterocycles. The Morgan fingerprint density at radius 3 is 2.47 bits per heavy atom. The lowest BCUT2D eigenvalue weighted by molar-refractivity contribution is 0.184. The summed E-state index contributed by atoms with van der Waals surface area (Å²) >= 11 is 0. The number of hydrogen-bond acceptors (Lipinski definition) is 2. The summed E-state index contributed by atoms with van der Waals surface area (Å²) in [7, 11) is 5.30. The first-order valence-electron chi connectivity index (χ1n) is 5.26. The molecule has 1 aromatic carbocycles. The summed E-state index contributed by atoms with van der Waals surface area (Å²) < 4.78 is 5.15. The van der Waals surface area contributed by atoms with E-state index in [0.717, 1.165) is 12.5 Å². The molecule has 1 rings (SSSR count). The number of aliphatic imine (C=N–C) groups is 1. The highest BCUT2D eigenvalue weighted by Gasteiger charge is 2.01. The second kappa shape index (κ2) is 9.23. The molecule has 0 radical (unpaired) electrons. The van der Waals surface area contributed by atoms with E-state index in [1.165, 1.54) is 11.1 Å². The molecular formula is C12H20IN3O. The minimum absolute atomic E-state index is 0. The molecule has 0 fully saturated rings. The summed E-state index contributed by atoms with van der Waals surface area (Å²) in [6.45, 7) is 1.38. The van der Waals surface area contributed by atoms with Crippen LogP contribution in [0.1, 0.15) is 11.1 Å². The van der Waals surface area contributed by atoms with Crippen LogP contribution in [0.3, 0.4) is 0 Å². The number of ether oxygens (including phenoxy) is 1. The van der Waals surface area contributed by atoms with E-state index < -0.39 is 0 Å². The Balaban J connectivity index is 0.00000256. The first-order chi connectivity index (χ1) is 7.81. The molecule has 4 nitrogen and oxygen atoms in total. The van der Waals surface area contributed by atoms with Gasteiger partial charge < -0.3 is 15.4 Å². The largest absolute Gasteiger partial charge is 0.380 e. The second-order valence-electron chi connectivity index (χ2n) is 3.38. The highest BCUT2D eigenvalue weighted by molar-refractivity contribution is 14.0. The van der Waals surface area contributed by atoms with Crippen molar-refractivity contribution in [1.82, 2.24) is 10.6 Å². The van der Waals surface area contributed by atoms with E-state index in [1.807, 2.05) is 19.2 Å². The van der Waals surface area contributed by atoms with Crippen LogP contribution in [0.4, 0.5) is 0 Å². The summed E-state index contributed by atoms with van der Waals surface area (Å²) in [4.78, 5) is 4.06. The van der Waals surface area contributed by atoms with Gasteiger partial charge >= 0.3 is 0 Å². The minimum atomic E-state index is 0. The summed E-state index contributed by atoms with van der Waals surface area (Å²) in [6, 6.07) is 8.20. The molecule has 1 aromatic rings. The molecule has 0 atom stereocenters. The average Bonchev–Trinajstić information content (AvgIpc) is 2.33. The number of nitrogens with one attached hydrogen (secondary N) is 2. The molecule has 0 saturated carbocycles. The number of rotatable bonds is 4. The van der Waals surface area contributed by atoms with E-state index in [4.69, 9.17) is 4.74 Å². The van der Waals surface area contributed by atoms with Crippen molar-refractivity contribution in [3.05, 3.63) is 35.4 Å². The predicted molar refractivity (Wildman–Crippen MR) is 81.8 cm³/mol. The van der Waals surface area contributed by atoms with Gasteiger partial charge in [-0.25, -0.2) is 0 Å². The smallest absolute Gasteiger partial charge is 0.190 e. The van der Waals surface area contributed by atoms with Gasteiger partial charge in [0, 0.05) is 27.7 Å². The van der Waals surface area contributed by atoms with Crippen LogP contribution in [0.2, 0.25) is 0 Å². The fourth-order valence-electron chi connectivity index (χ4n) is 1.48. The lowest BCUT2D eigenvalue weighted by Crippen LogP contribution is -2.34. The summed E-state index contributed by atoms with van der Waals surface area (Å²) in [5.41, 5.74) is 2.42. The zero-order valence-corrected chi connectivity index (χ0v) is 12.8. The monoisotopic (exact) mass is 349 g/mol. The van der Waals surface area contributed by atoms with Crippen LogP contribution in [0, 0.1) is 0 Å². The maximum Gasteiger partial charge on any atom is 0.190 e. The molecule has 0 aliphatic rings. The minimum Gasteiger partial charge on any atom is -0.380 e. The first-order valence-corrected chi connectivity index (χ1v) is 5.26. The van der Waals surface area contributed by atoms with Crippen molar-refractivity contribution in [3.63, 3.8) is 0 Å². The van der Waals surface area contributed by atoms with Gasteiger partial charge in [0.2, 0.25) is 0 Å². The zero-order chi connectivity index (χ0) is 11.8. The maximum atomic E-state index is 5.15. The fourth-order valence-corrected chi connectivity index (χ4v) is 1.48. The number of methoxy groups -OCH3 is 1. The molecule has 0 aliphatic carbocycles. The zero-order valence-electron chi connectivity index (χ0n) is 10.5. The molecule has 0 heterocycles. The lowest BCUT2D eigenvalue weighted by atomic mass is 10.1. The molecule has 0 spiro atoms. The van der Waals surface area contributed by atoms with Gasteiger partial charge in [-0.05, 0) is 11.1 Å². The Morgan fingerprint density at radius 1 is 1.29 bits per heavy atom. The molecule has 0 unspecified atom stereocenters. The summed E-state index contributed by atoms with van der Waals surface area (Å²) in [5.74, 6) is 0.784. The second-order valence-corrected chi connectivity index (χ2v) is 3.38. The van der Waals surface area contributed by atoms with Gasteiger partial charge in [-0.1, -0.05) is 24.3 Å². The van der Waals surface area contributed by atoms with E-state index in [1.54, 1.807) is 14.2 Å². The van der Waals surface area contributed by atoms with Crippen LogP contribution in [-0.4, -0.2) is 27.2 Å². The van der Waals surface area contributed by atoms with Crippen molar-refractivity contribution < 1.29 is 4.74 Å². The third-order valence-electron chi connectivity index (χ3n) is 2.32. The van der Waals surface area contributed by atoms with Crippen molar-refractivity contribution in [2.75, 3.05) is 21.2 Å². The van der Waals surface area contributed by atoms with Gasteiger partial charge in [0.05, 0.1) is 6.61 Å². The normalized spacial score (nSPS) is 10.6. The SMILES string of the molecule is CN=C(NC)NCc1ccccc1COC.I. The quantitative estimate of drug-likeness (QED) is 0.495. The third kappa shape index (κ3) is 5.36. The Kier molecular flexibility index (Phi) is 8.79. The molecule has 5 heteroatoms. The molecular weight excluding hydrogens is 329 g/mol. The van der Waals surface area contributed by atoms with E-state index in [2.05, 4.69) is 27.8 Å². The van der Waals surface area contributed by atoms with Crippen molar-refractivity contribution in [2.45, 2.75) is 13.2 Å². The molecule has 96 valence electrons. The molecule has 0 amide bonds. The van der Waals surface area contributed by atoms with Gasteiger partial charge in [0.1, 0.15) is 0 Å². The van der Waals surface area contributed by atoms with Crippen molar-refractivity contribution in [2.24, 2.45) is 4.99 Å². The third-order valence-corrected chi connectivity index (χ3v) is 2.32. The van der Waals surface area contributed by atoms with Crippen LogP contribution in [0.25, 0.3) is 0 Å². The average molecular weight is 349 g/mol. The van der Waals surface area contributed by atoms with Gasteiger partial charge in [0.15, 0.2) is 5.96 Å². The molecule has 0 saturated heterocycles. The fraction of sp³-hybridized carbons (Fsp3) is 0.417. The van der Waals surface area contributed by atoms with E-state index in [9.17, 15) is 0 Å². The van der Waals surface area contributed by atoms with Crippen LogP contribution in [0.15, 0.2) is 29.3 Å². The van der Waals surface area contributed by atoms with Gasteiger partial charge in [-0.3, -0.25) is 4.99 Å². The lowest BCUT2D eigenvalue weighted by Gasteiger charge is -2.11. The number of guanidine groups is 1. The Hall–Kier alpha value is -0.820. The summed E-state index contributed by atoms with van der Waals surface area (Å²) in [5, 5.41) is 6.20. The van der Waals surface area contributed by atoms with Crippen molar-refractivity contribution in [3.8, 4) is 0 Å². The predicted octanol–water partition coefficient (Wildman–Crippen LogP) is 1.75. The Morgan fingerprint density at radius 2 is 1.94 bits per heavy atom. The van der Waals surface area contributed by atoms with Crippen molar-refractivity contribution >= 4 is 29.9 Å². The molecule has 17 heavy (non-hydrogen) atoms. The number of hydrogen-bond donors (Lipinski definition) is 2. The molecule has 0 aliphatic heterocycles. The molecule has 0 bridgehead atoms. The Labute approximate surface area is 120 Å². The summed E-state index contributed by atoms with van der Waals surface area (Å²) in [6.07, 6.45) is 0. The van der Waals surface area contributed by atoms with E-state index in [-0.39, 0.29) is 24.0 Å². The maximum absolute atomic E-state index is 5.15. The van der Waals surface area contributed by atoms with Crippen LogP contribution in [0.5, 0.6) is 0 Å². The highest BCUT2D eigenvalue weighted by atomic mass is 127. The topological polar surface area (TPSA) is 45.7 Å². The van der Waals surface area contributed by atoms with Gasteiger partial charge in [-0.2, -0.15) is 0 Å². The standard InChI is InChI=1S/C12H19N3O.HI/c1-13-12(14-2)15-8-10-6-4-5-7-11(10)9-16-3;/h4-7H,8-9H2,1-3H3,(H2,13,14,15);1H. The number of benzene rings is 1. The highest BCUT2D eigenvalue weighted by Crippen LogP contribution is 2.09. The van der Waals surface area contributed by atoms with Gasteiger partial charge in [-0.15, -0.1) is 24.0 Å². The van der Waals surface area contributed by atoms with Crippen LogP contribution >= 0.6 is 24.0 Å².